The molecule has 0 spiro atoms. The Hall–Kier alpha value is -2.08. The van der Waals surface area contributed by atoms with Gasteiger partial charge in [0.25, 0.3) is 0 Å². The van der Waals surface area contributed by atoms with Gasteiger partial charge in [0.05, 0.1) is 0 Å². The maximum absolute atomic E-state index is 12.7. The van der Waals surface area contributed by atoms with Gasteiger partial charge in [0.1, 0.15) is 0 Å². The number of piperidine rings is 1. The Kier molecular flexibility index (Phi) is 8.06. The fraction of sp³-hybridized carbons (Fsp3) is 0.692. The minimum Gasteiger partial charge on any atom is -0.352 e. The summed E-state index contributed by atoms with van der Waals surface area (Å²) in [6.07, 6.45) is 8.19. The van der Waals surface area contributed by atoms with E-state index in [4.69, 9.17) is 0 Å². The number of amides is 1. The number of rotatable bonds is 6. The molecule has 1 atom stereocenters. The number of nitrogens with one attached hydrogen (secondary N) is 2. The number of nitrogens with zero attached hydrogens (tertiary/aromatic N) is 3. The number of hydrogen-bond donors (Lipinski definition) is 2. The zero-order chi connectivity index (χ0) is 22.3. The number of benzene rings is 1. The molecule has 1 saturated carbocycles. The maximum atomic E-state index is 12.7. The summed E-state index contributed by atoms with van der Waals surface area (Å²) in [7, 11) is 1.82. The monoisotopic (exact) mass is 439 g/mol. The lowest BCUT2D eigenvalue weighted by molar-refractivity contribution is -0.134. The topological polar surface area (TPSA) is 60.0 Å². The average molecular weight is 440 g/mol. The lowest BCUT2D eigenvalue weighted by Crippen LogP contribution is -2.45. The number of aliphatic imine (C=N–C) groups is 1. The number of hydrogen-bond acceptors (Lipinski definition) is 3. The van der Waals surface area contributed by atoms with Crippen LogP contribution in [0.15, 0.2) is 29.3 Å². The van der Waals surface area contributed by atoms with Crippen molar-refractivity contribution in [3.63, 3.8) is 0 Å². The number of likely N-dealkylation sites (tertiary alicyclic amines) is 2. The van der Waals surface area contributed by atoms with Crippen LogP contribution in [0.1, 0.15) is 63.0 Å². The highest BCUT2D eigenvalue weighted by atomic mass is 16.2. The summed E-state index contributed by atoms with van der Waals surface area (Å²) in [5, 5.41) is 7.00. The van der Waals surface area contributed by atoms with Crippen LogP contribution in [0.5, 0.6) is 0 Å². The summed E-state index contributed by atoms with van der Waals surface area (Å²) in [5.41, 5.74) is 2.67. The minimum atomic E-state index is 0.270. The largest absolute Gasteiger partial charge is 0.352 e. The number of carbonyl (C=O) groups excluding carboxylic acids is 1. The van der Waals surface area contributed by atoms with E-state index in [9.17, 15) is 4.79 Å². The Labute approximate surface area is 193 Å². The molecule has 2 aliphatic heterocycles. The number of carbonyl (C=O) groups is 1. The third-order valence-electron chi connectivity index (χ3n) is 7.50. The molecular weight excluding hydrogens is 398 g/mol. The Balaban J connectivity index is 1.23. The molecule has 0 aromatic heterocycles. The van der Waals surface area contributed by atoms with Gasteiger partial charge >= 0.3 is 0 Å². The van der Waals surface area contributed by atoms with E-state index in [1.165, 1.54) is 49.9 Å². The van der Waals surface area contributed by atoms with Gasteiger partial charge in [-0.05, 0) is 62.2 Å². The van der Waals surface area contributed by atoms with Crippen molar-refractivity contribution in [2.45, 2.75) is 71.0 Å². The molecule has 176 valence electrons. The smallest absolute Gasteiger partial charge is 0.225 e. The summed E-state index contributed by atoms with van der Waals surface area (Å²) in [6, 6.07) is 9.18. The standard InChI is InChI=1S/C26H41N5O/c1-20-10-13-30(14-11-20)18-22-7-5-6-21(16-22)17-28-26(27-2)29-24-12-15-31(19-24)25(32)23-8-3-4-9-23/h5-7,16,20,23-24H,3-4,8-15,17-19H2,1-2H3,(H2,27,28,29). The van der Waals surface area contributed by atoms with Crippen LogP contribution < -0.4 is 10.6 Å². The van der Waals surface area contributed by atoms with Crippen molar-refractivity contribution in [3.05, 3.63) is 35.4 Å². The van der Waals surface area contributed by atoms with Crippen LogP contribution in [0.4, 0.5) is 0 Å². The van der Waals surface area contributed by atoms with Crippen molar-refractivity contribution in [1.29, 1.82) is 0 Å². The first-order valence-electron chi connectivity index (χ1n) is 12.7. The van der Waals surface area contributed by atoms with Crippen LogP contribution in [0, 0.1) is 11.8 Å². The lowest BCUT2D eigenvalue weighted by Gasteiger charge is -2.30. The molecule has 0 bridgehead atoms. The molecule has 3 fully saturated rings. The Morgan fingerprint density at radius 2 is 1.81 bits per heavy atom. The van der Waals surface area contributed by atoms with E-state index >= 15 is 0 Å². The van der Waals surface area contributed by atoms with Gasteiger partial charge in [0.2, 0.25) is 5.91 Å². The van der Waals surface area contributed by atoms with Crippen LogP contribution >= 0.6 is 0 Å². The Bertz CT molecular complexity index is 780. The summed E-state index contributed by atoms with van der Waals surface area (Å²) in [5.74, 6) is 2.33. The van der Waals surface area contributed by atoms with Gasteiger partial charge in [-0.2, -0.15) is 0 Å². The molecule has 1 aliphatic carbocycles. The SMILES string of the molecule is CN=C(NCc1cccc(CN2CCC(C)CC2)c1)NC1CCN(C(=O)C2CCCC2)C1. The zero-order valence-electron chi connectivity index (χ0n) is 20.0. The fourth-order valence-electron chi connectivity index (χ4n) is 5.40. The van der Waals surface area contributed by atoms with Gasteiger partial charge in [-0.3, -0.25) is 14.7 Å². The molecule has 6 nitrogen and oxygen atoms in total. The third-order valence-corrected chi connectivity index (χ3v) is 7.50. The van der Waals surface area contributed by atoms with Crippen LogP contribution in [-0.2, 0) is 17.9 Å². The van der Waals surface area contributed by atoms with Crippen LogP contribution in [-0.4, -0.2) is 60.9 Å². The minimum absolute atomic E-state index is 0.270. The van der Waals surface area contributed by atoms with Crippen LogP contribution in [0.3, 0.4) is 0 Å². The molecule has 1 aromatic carbocycles. The molecule has 4 rings (SSSR count). The van der Waals surface area contributed by atoms with Crippen LogP contribution in [0.2, 0.25) is 0 Å². The molecule has 2 N–H and O–H groups in total. The third kappa shape index (κ3) is 6.25. The first-order chi connectivity index (χ1) is 15.6. The molecule has 6 heteroatoms. The first-order valence-corrected chi connectivity index (χ1v) is 12.7. The molecular formula is C26H41N5O. The van der Waals surface area contributed by atoms with E-state index in [1.807, 2.05) is 7.05 Å². The molecule has 32 heavy (non-hydrogen) atoms. The second-order valence-corrected chi connectivity index (χ2v) is 10.1. The van der Waals surface area contributed by atoms with E-state index in [0.29, 0.717) is 5.91 Å². The van der Waals surface area contributed by atoms with Gasteiger partial charge in [0, 0.05) is 45.2 Å². The normalized spacial score (nSPS) is 23.6. The van der Waals surface area contributed by atoms with Crippen molar-refractivity contribution in [3.8, 4) is 0 Å². The first kappa shape index (κ1) is 23.1. The summed E-state index contributed by atoms with van der Waals surface area (Å²) in [6.45, 7) is 8.23. The predicted molar refractivity (Wildman–Crippen MR) is 130 cm³/mol. The molecule has 0 radical (unpaired) electrons. The second-order valence-electron chi connectivity index (χ2n) is 10.1. The number of guanidine groups is 1. The van der Waals surface area contributed by atoms with Crippen molar-refractivity contribution in [2.24, 2.45) is 16.8 Å². The molecule has 2 saturated heterocycles. The highest BCUT2D eigenvalue weighted by molar-refractivity contribution is 5.81. The molecule has 2 heterocycles. The summed E-state index contributed by atoms with van der Waals surface area (Å²) in [4.78, 5) is 21.8. The molecule has 1 amide bonds. The van der Waals surface area contributed by atoms with E-state index in [0.717, 1.165) is 57.3 Å². The maximum Gasteiger partial charge on any atom is 0.225 e. The van der Waals surface area contributed by atoms with Gasteiger partial charge in [-0.15, -0.1) is 0 Å². The fourth-order valence-corrected chi connectivity index (χ4v) is 5.40. The van der Waals surface area contributed by atoms with Crippen molar-refractivity contribution >= 4 is 11.9 Å². The Morgan fingerprint density at radius 1 is 1.06 bits per heavy atom. The highest BCUT2D eigenvalue weighted by Crippen LogP contribution is 2.27. The average Bonchev–Trinajstić information content (AvgIpc) is 3.51. The predicted octanol–water partition coefficient (Wildman–Crippen LogP) is 3.37. The Morgan fingerprint density at radius 3 is 2.56 bits per heavy atom. The van der Waals surface area contributed by atoms with Crippen LogP contribution in [0.25, 0.3) is 0 Å². The van der Waals surface area contributed by atoms with E-state index < -0.39 is 0 Å². The molecule has 3 aliphatic rings. The van der Waals surface area contributed by atoms with E-state index in [2.05, 4.69) is 56.6 Å². The van der Waals surface area contributed by atoms with Crippen molar-refractivity contribution in [1.82, 2.24) is 20.4 Å². The van der Waals surface area contributed by atoms with Gasteiger partial charge in [-0.1, -0.05) is 44.0 Å². The summed E-state index contributed by atoms with van der Waals surface area (Å²) >= 11 is 0. The zero-order valence-corrected chi connectivity index (χ0v) is 20.0. The quantitative estimate of drug-likeness (QED) is 0.527. The van der Waals surface area contributed by atoms with Gasteiger partial charge < -0.3 is 15.5 Å². The van der Waals surface area contributed by atoms with Gasteiger partial charge in [-0.25, -0.2) is 0 Å². The second kappa shape index (κ2) is 11.2. The van der Waals surface area contributed by atoms with Crippen molar-refractivity contribution < 1.29 is 4.79 Å². The van der Waals surface area contributed by atoms with Gasteiger partial charge in [0.15, 0.2) is 5.96 Å². The van der Waals surface area contributed by atoms with E-state index in [1.54, 1.807) is 0 Å². The lowest BCUT2D eigenvalue weighted by atomic mass is 9.98. The highest BCUT2D eigenvalue weighted by Gasteiger charge is 2.32. The van der Waals surface area contributed by atoms with E-state index in [-0.39, 0.29) is 12.0 Å². The molecule has 1 aromatic rings. The summed E-state index contributed by atoms with van der Waals surface area (Å²) < 4.78 is 0. The van der Waals surface area contributed by atoms with Crippen molar-refractivity contribution in [2.75, 3.05) is 33.2 Å². The molecule has 1 unspecified atom stereocenters.